The van der Waals surface area contributed by atoms with Gasteiger partial charge in [-0.2, -0.15) is 0 Å². The van der Waals surface area contributed by atoms with Crippen molar-refractivity contribution in [2.24, 2.45) is 0 Å². The first-order valence-electron chi connectivity index (χ1n) is 9.76. The quantitative estimate of drug-likeness (QED) is 0.383. The summed E-state index contributed by atoms with van der Waals surface area (Å²) in [6, 6.07) is 9.58. The molecule has 0 aliphatic rings. The summed E-state index contributed by atoms with van der Waals surface area (Å²) >= 11 is 1.20. The molecule has 0 radical (unpaired) electrons. The maximum absolute atomic E-state index is 12.1. The fraction of sp³-hybridized carbons (Fsp3) is 0.217. The molecule has 3 aromatic rings. The Hall–Kier alpha value is -3.55. The molecular formula is C23H22N2O6S2. The summed E-state index contributed by atoms with van der Waals surface area (Å²) in [6.45, 7) is 4.13. The molecular weight excluding hydrogens is 464 g/mol. The molecule has 1 N–H and O–H groups in total. The van der Waals surface area contributed by atoms with E-state index in [0.717, 1.165) is 21.2 Å². The second-order valence-corrected chi connectivity index (χ2v) is 8.84. The number of nitrogens with zero attached hydrogens (tertiary/aromatic N) is 2. The van der Waals surface area contributed by atoms with E-state index in [1.807, 2.05) is 18.2 Å². The van der Waals surface area contributed by atoms with E-state index in [1.54, 1.807) is 12.5 Å². The molecule has 0 saturated heterocycles. The highest BCUT2D eigenvalue weighted by Gasteiger charge is 2.21. The largest absolute Gasteiger partial charge is 0.497 e. The lowest BCUT2D eigenvalue weighted by molar-refractivity contribution is 0.0696. The number of hydrogen-bond acceptors (Lipinski definition) is 7. The van der Waals surface area contributed by atoms with Crippen molar-refractivity contribution in [2.45, 2.75) is 19.8 Å². The Labute approximate surface area is 197 Å². The molecule has 0 unspecified atom stereocenters. The first-order chi connectivity index (χ1) is 15.7. The first-order valence-corrected chi connectivity index (χ1v) is 11.8. The van der Waals surface area contributed by atoms with Crippen LogP contribution in [-0.4, -0.2) is 38.7 Å². The third kappa shape index (κ3) is 5.45. The number of thiol groups is 1. The van der Waals surface area contributed by atoms with E-state index in [0.29, 0.717) is 5.01 Å². The van der Waals surface area contributed by atoms with Crippen molar-refractivity contribution in [1.82, 2.24) is 4.98 Å². The molecule has 2 aromatic carbocycles. The number of methoxy groups -OCH3 is 2. The monoisotopic (exact) mass is 486 g/mol. The van der Waals surface area contributed by atoms with Crippen LogP contribution in [0.25, 0.3) is 0 Å². The van der Waals surface area contributed by atoms with Crippen LogP contribution >= 0.6 is 11.3 Å². The molecule has 10 heteroatoms. The number of hydrogen-bond donors (Lipinski definition) is 2. The number of anilines is 2. The van der Waals surface area contributed by atoms with Crippen LogP contribution in [0.2, 0.25) is 0 Å². The minimum atomic E-state index is -3.13. The molecule has 33 heavy (non-hydrogen) atoms. The van der Waals surface area contributed by atoms with Crippen LogP contribution in [0.5, 0.6) is 11.5 Å². The Bertz CT molecular complexity index is 1310. The molecule has 0 spiro atoms. The number of rotatable bonds is 7. The second kappa shape index (κ2) is 10.4. The number of aromatic carboxylic acids is 1. The van der Waals surface area contributed by atoms with Gasteiger partial charge in [-0.25, -0.2) is 22.5 Å². The van der Waals surface area contributed by atoms with Crippen LogP contribution < -0.4 is 13.8 Å². The zero-order valence-corrected chi connectivity index (χ0v) is 20.1. The summed E-state index contributed by atoms with van der Waals surface area (Å²) in [5.74, 6) is 6.17. The number of thiazole rings is 1. The lowest BCUT2D eigenvalue weighted by atomic mass is 9.97. The highest BCUT2D eigenvalue weighted by atomic mass is 32.2. The van der Waals surface area contributed by atoms with Gasteiger partial charge in [0.05, 0.1) is 19.8 Å². The predicted molar refractivity (Wildman–Crippen MR) is 128 cm³/mol. The van der Waals surface area contributed by atoms with E-state index >= 15 is 0 Å². The van der Waals surface area contributed by atoms with Gasteiger partial charge in [0.15, 0.2) is 10.8 Å². The van der Waals surface area contributed by atoms with Gasteiger partial charge in [0, 0.05) is 10.9 Å². The summed E-state index contributed by atoms with van der Waals surface area (Å²) < 4.78 is 35.6. The Balaban J connectivity index is 1.98. The zero-order valence-electron chi connectivity index (χ0n) is 18.4. The van der Waals surface area contributed by atoms with Gasteiger partial charge >= 0.3 is 5.97 Å². The third-order valence-electron chi connectivity index (χ3n) is 4.71. The average molecular weight is 487 g/mol. The van der Waals surface area contributed by atoms with E-state index in [9.17, 15) is 18.3 Å². The SMILES string of the molecule is COc1ccc(C#Cc2nc(N(c3ccc(C(=O)O)cc3OC)[SH](=O)=O)cs2)c(C(C)C)c1. The van der Waals surface area contributed by atoms with Crippen molar-refractivity contribution >= 4 is 39.7 Å². The van der Waals surface area contributed by atoms with Crippen LogP contribution in [0, 0.1) is 11.8 Å². The first kappa shape index (κ1) is 24.1. The molecule has 0 aliphatic heterocycles. The normalized spacial score (nSPS) is 10.6. The van der Waals surface area contributed by atoms with Crippen molar-refractivity contribution in [1.29, 1.82) is 0 Å². The summed E-state index contributed by atoms with van der Waals surface area (Å²) in [6.07, 6.45) is 0. The maximum Gasteiger partial charge on any atom is 0.335 e. The summed E-state index contributed by atoms with van der Waals surface area (Å²) in [5.41, 5.74) is 1.99. The molecule has 1 aromatic heterocycles. The van der Waals surface area contributed by atoms with E-state index in [2.05, 4.69) is 30.7 Å². The van der Waals surface area contributed by atoms with Gasteiger partial charge in [0.2, 0.25) is 10.9 Å². The van der Waals surface area contributed by atoms with Gasteiger partial charge < -0.3 is 14.6 Å². The van der Waals surface area contributed by atoms with Crippen LogP contribution in [0.1, 0.15) is 46.3 Å². The minimum absolute atomic E-state index is 0.0260. The fourth-order valence-electron chi connectivity index (χ4n) is 3.08. The number of carboxylic acids is 1. The Kier molecular flexibility index (Phi) is 7.58. The molecule has 0 fully saturated rings. The van der Waals surface area contributed by atoms with Gasteiger partial charge in [-0.15, -0.1) is 11.3 Å². The van der Waals surface area contributed by atoms with Crippen molar-refractivity contribution < 1.29 is 27.8 Å². The molecule has 0 saturated carbocycles. The minimum Gasteiger partial charge on any atom is -0.497 e. The molecule has 8 nitrogen and oxygen atoms in total. The van der Waals surface area contributed by atoms with Gasteiger partial charge in [0.25, 0.3) is 0 Å². The highest BCUT2D eigenvalue weighted by Crippen LogP contribution is 2.35. The smallest absolute Gasteiger partial charge is 0.335 e. The number of ether oxygens (including phenoxy) is 2. The van der Waals surface area contributed by atoms with E-state index in [4.69, 9.17) is 9.47 Å². The lowest BCUT2D eigenvalue weighted by Gasteiger charge is -2.18. The number of carboxylic acid groups (broad SMARTS) is 1. The molecule has 0 aliphatic carbocycles. The van der Waals surface area contributed by atoms with Crippen molar-refractivity contribution in [2.75, 3.05) is 18.5 Å². The molecule has 0 bridgehead atoms. The molecule has 172 valence electrons. The maximum atomic E-state index is 12.1. The van der Waals surface area contributed by atoms with Gasteiger partial charge in [0.1, 0.15) is 17.2 Å². The van der Waals surface area contributed by atoms with Gasteiger partial charge in [-0.1, -0.05) is 19.8 Å². The number of carbonyl (C=O) groups is 1. The molecule has 0 amide bonds. The van der Waals surface area contributed by atoms with Crippen molar-refractivity contribution in [3.05, 3.63) is 63.5 Å². The summed E-state index contributed by atoms with van der Waals surface area (Å²) in [4.78, 5) is 15.6. The Morgan fingerprint density at radius 2 is 1.88 bits per heavy atom. The van der Waals surface area contributed by atoms with Crippen molar-refractivity contribution in [3.63, 3.8) is 0 Å². The van der Waals surface area contributed by atoms with Crippen LogP contribution in [-0.2, 0) is 10.9 Å². The molecule has 3 rings (SSSR count). The highest BCUT2D eigenvalue weighted by molar-refractivity contribution is 7.74. The number of benzene rings is 2. The third-order valence-corrected chi connectivity index (χ3v) is 6.20. The van der Waals surface area contributed by atoms with Crippen LogP contribution in [0.3, 0.4) is 0 Å². The van der Waals surface area contributed by atoms with Gasteiger partial charge in [-0.05, 0) is 53.8 Å². The molecule has 1 heterocycles. The van der Waals surface area contributed by atoms with Crippen LogP contribution in [0.4, 0.5) is 11.5 Å². The van der Waals surface area contributed by atoms with Crippen LogP contribution in [0.15, 0.2) is 41.8 Å². The standard InChI is InChI=1S/C23H22N2O6S2/c1-14(2)18-12-17(30-3)8-5-15(18)7-10-22-24-21(13-32-22)25(33(28)29)19-9-6-16(23(26)27)11-20(19)31-4/h5-6,8-9,11-14,33H,1-4H3,(H,26,27). The Morgan fingerprint density at radius 1 is 1.12 bits per heavy atom. The molecule has 0 atom stereocenters. The summed E-state index contributed by atoms with van der Waals surface area (Å²) in [7, 11) is -0.192. The lowest BCUT2D eigenvalue weighted by Crippen LogP contribution is -2.16. The topological polar surface area (TPSA) is 106 Å². The predicted octanol–water partition coefficient (Wildman–Crippen LogP) is 4.05. The Morgan fingerprint density at radius 3 is 2.48 bits per heavy atom. The zero-order chi connectivity index (χ0) is 24.1. The van der Waals surface area contributed by atoms with E-state index in [1.165, 1.54) is 36.6 Å². The average Bonchev–Trinajstić information content (AvgIpc) is 3.25. The fourth-order valence-corrected chi connectivity index (χ4v) is 4.40. The second-order valence-electron chi connectivity index (χ2n) is 7.11. The number of aromatic nitrogens is 1. The van der Waals surface area contributed by atoms with Crippen molar-refractivity contribution in [3.8, 4) is 23.3 Å². The van der Waals surface area contributed by atoms with Gasteiger partial charge in [-0.3, -0.25) is 0 Å². The summed E-state index contributed by atoms with van der Waals surface area (Å²) in [5, 5.41) is 11.2. The van der Waals surface area contributed by atoms with E-state index in [-0.39, 0.29) is 28.7 Å². The van der Waals surface area contributed by atoms with E-state index < -0.39 is 16.9 Å².